The van der Waals surface area contributed by atoms with Gasteiger partial charge in [-0.05, 0) is 60.0 Å². The molecular formula is C27H22N6O12S2. The number of nitrogens with one attached hydrogen (secondary N) is 1. The zero-order chi connectivity index (χ0) is 34.1. The minimum atomic E-state index is -4.93. The third-order valence-electron chi connectivity index (χ3n) is 6.56. The van der Waals surface area contributed by atoms with Crippen molar-refractivity contribution in [2.45, 2.75) is 16.4 Å². The highest BCUT2D eigenvalue weighted by Gasteiger charge is 2.23. The monoisotopic (exact) mass is 686 g/mol. The molecule has 0 fully saturated rings. The van der Waals surface area contributed by atoms with E-state index in [1.165, 1.54) is 55.6 Å². The molecule has 5 rings (SSSR count). The van der Waals surface area contributed by atoms with E-state index in [9.17, 15) is 40.9 Å². The third kappa shape index (κ3) is 6.86. The maximum atomic E-state index is 13.2. The van der Waals surface area contributed by atoms with Gasteiger partial charge in [0.15, 0.2) is 11.4 Å². The molecule has 1 aromatic heterocycles. The molecule has 20 heteroatoms. The number of H-pyrrole nitrogens is 1. The molecule has 47 heavy (non-hydrogen) atoms. The van der Waals surface area contributed by atoms with Crippen LogP contribution in [0.5, 0.6) is 17.2 Å². The number of phenolic OH excluding ortho intramolecular Hbond substituents is 2. The number of ether oxygens (including phenoxy) is 1. The molecule has 0 aliphatic carbocycles. The summed E-state index contributed by atoms with van der Waals surface area (Å²) >= 11 is 0. The smallest absolute Gasteiger partial charge is 0.299 e. The average Bonchev–Trinajstić information content (AvgIpc) is 3.33. The van der Waals surface area contributed by atoms with Gasteiger partial charge in [-0.2, -0.15) is 21.9 Å². The quantitative estimate of drug-likeness (QED) is 0.0487. The highest BCUT2D eigenvalue weighted by Crippen LogP contribution is 2.43. The van der Waals surface area contributed by atoms with E-state index in [0.717, 1.165) is 22.9 Å². The Bertz CT molecular complexity index is 2350. The molecule has 4 aromatic carbocycles. The molecule has 0 saturated heterocycles. The fraction of sp³-hybridized carbons (Fsp3) is 0.0741. The number of fused-ring (bicyclic) bond motifs is 1. The highest BCUT2D eigenvalue weighted by atomic mass is 32.2. The number of benzene rings is 4. The SMILES string of the molecule is COc1ccc(O)c(N=Nc2c(S(=O)(=O)O)cc3ccc(N=Nc4c(COO)[nH]n(-c5ccc(S(=O)(=O)O)cc5)c4=O)cc3c2O)c1. The van der Waals surface area contributed by atoms with Crippen molar-refractivity contribution in [1.29, 1.82) is 0 Å². The molecule has 0 amide bonds. The Morgan fingerprint density at radius 1 is 0.830 bits per heavy atom. The standard InChI is InChI=1S/C27H22N6O12S2/c1-44-17-6-9-22(34)20(12-17)29-31-25-23(47(41,42)43)10-14-2-3-15(11-19(14)26(25)35)28-30-24-21(13-45-37)32-33(27(24)36)16-4-7-18(8-5-16)46(38,39)40/h2-12,32,34-35,37H,13H2,1H3,(H,38,39,40)(H,41,42,43). The highest BCUT2D eigenvalue weighted by molar-refractivity contribution is 7.86. The Morgan fingerprint density at radius 3 is 2.17 bits per heavy atom. The van der Waals surface area contributed by atoms with E-state index in [0.29, 0.717) is 5.75 Å². The molecule has 0 saturated carbocycles. The minimum absolute atomic E-state index is 0.0121. The number of hydrogen-bond donors (Lipinski definition) is 6. The predicted octanol–water partition coefficient (Wildman–Crippen LogP) is 5.05. The average molecular weight is 687 g/mol. The minimum Gasteiger partial charge on any atom is -0.506 e. The maximum Gasteiger partial charge on any atom is 0.299 e. The molecule has 0 bridgehead atoms. The van der Waals surface area contributed by atoms with Crippen LogP contribution in [0.25, 0.3) is 16.5 Å². The summed E-state index contributed by atoms with van der Waals surface area (Å²) in [5, 5.41) is 48.5. The second-order valence-electron chi connectivity index (χ2n) is 9.53. The topological polar surface area (TPSA) is 275 Å². The van der Waals surface area contributed by atoms with E-state index in [4.69, 9.17) is 9.99 Å². The summed E-state index contributed by atoms with van der Waals surface area (Å²) in [6, 6.07) is 13.6. The summed E-state index contributed by atoms with van der Waals surface area (Å²) in [4.78, 5) is 16.1. The van der Waals surface area contributed by atoms with Crippen molar-refractivity contribution in [3.63, 3.8) is 0 Å². The van der Waals surface area contributed by atoms with Gasteiger partial charge < -0.3 is 14.9 Å². The second kappa shape index (κ2) is 12.7. The van der Waals surface area contributed by atoms with Gasteiger partial charge in [-0.25, -0.2) is 9.57 Å². The Labute approximate surface area is 263 Å². The lowest BCUT2D eigenvalue weighted by Gasteiger charge is -2.09. The van der Waals surface area contributed by atoms with Gasteiger partial charge in [-0.1, -0.05) is 6.07 Å². The number of azo groups is 2. The van der Waals surface area contributed by atoms with Crippen LogP contribution in [0.2, 0.25) is 0 Å². The number of rotatable bonds is 10. The van der Waals surface area contributed by atoms with E-state index in [1.54, 1.807) is 0 Å². The first-order chi connectivity index (χ1) is 22.2. The molecule has 0 radical (unpaired) electrons. The fourth-order valence-electron chi connectivity index (χ4n) is 4.30. The van der Waals surface area contributed by atoms with E-state index in [1.807, 2.05) is 0 Å². The number of aromatic amines is 1. The molecule has 0 spiro atoms. The lowest BCUT2D eigenvalue weighted by molar-refractivity contribution is -0.253. The van der Waals surface area contributed by atoms with Gasteiger partial charge in [0.1, 0.15) is 34.4 Å². The van der Waals surface area contributed by atoms with Crippen molar-refractivity contribution in [3.05, 3.63) is 82.8 Å². The summed E-state index contributed by atoms with van der Waals surface area (Å²) < 4.78 is 72.1. The van der Waals surface area contributed by atoms with Crippen molar-refractivity contribution >= 4 is 53.8 Å². The molecule has 1 heterocycles. The lowest BCUT2D eigenvalue weighted by atomic mass is 10.1. The number of phenols is 2. The maximum absolute atomic E-state index is 13.2. The number of aromatic hydroxyl groups is 2. The van der Waals surface area contributed by atoms with Crippen LogP contribution in [-0.2, 0) is 31.7 Å². The number of hydrogen-bond acceptors (Lipinski definition) is 14. The first kappa shape index (κ1) is 32.9. The summed E-state index contributed by atoms with van der Waals surface area (Å²) in [6.07, 6.45) is 0. The third-order valence-corrected chi connectivity index (χ3v) is 8.29. The first-order valence-corrected chi connectivity index (χ1v) is 15.7. The molecule has 0 aliphatic heterocycles. The van der Waals surface area contributed by atoms with Crippen LogP contribution in [0.15, 0.2) is 102 Å². The van der Waals surface area contributed by atoms with E-state index in [2.05, 4.69) is 30.4 Å². The predicted molar refractivity (Wildman–Crippen MR) is 162 cm³/mol. The summed E-state index contributed by atoms with van der Waals surface area (Å²) in [7, 11) is -8.05. The Hall–Kier alpha value is -5.51. The van der Waals surface area contributed by atoms with E-state index >= 15 is 0 Å². The molecule has 6 N–H and O–H groups in total. The molecule has 5 aromatic rings. The Morgan fingerprint density at radius 2 is 1.53 bits per heavy atom. The van der Waals surface area contributed by atoms with Crippen molar-refractivity contribution < 1.29 is 51.0 Å². The zero-order valence-electron chi connectivity index (χ0n) is 23.7. The van der Waals surface area contributed by atoms with Crippen LogP contribution < -0.4 is 10.3 Å². The van der Waals surface area contributed by atoms with Crippen molar-refractivity contribution in [2.24, 2.45) is 20.5 Å². The van der Waals surface area contributed by atoms with Crippen molar-refractivity contribution in [3.8, 4) is 22.9 Å². The van der Waals surface area contributed by atoms with Gasteiger partial charge in [0.05, 0.1) is 29.1 Å². The van der Waals surface area contributed by atoms with Gasteiger partial charge in [-0.15, -0.1) is 15.3 Å². The normalized spacial score (nSPS) is 12.4. The molecule has 0 unspecified atom stereocenters. The van der Waals surface area contributed by atoms with Gasteiger partial charge in [0.25, 0.3) is 25.8 Å². The largest absolute Gasteiger partial charge is 0.506 e. The molecular weight excluding hydrogens is 664 g/mol. The molecule has 244 valence electrons. The van der Waals surface area contributed by atoms with Crippen LogP contribution in [0.4, 0.5) is 22.7 Å². The lowest BCUT2D eigenvalue weighted by Crippen LogP contribution is -2.14. The summed E-state index contributed by atoms with van der Waals surface area (Å²) in [5.74, 6) is -0.775. The number of methoxy groups -OCH3 is 1. The zero-order valence-corrected chi connectivity index (χ0v) is 25.3. The number of aromatic nitrogens is 2. The van der Waals surface area contributed by atoms with Crippen LogP contribution >= 0.6 is 0 Å². The fourth-order valence-corrected chi connectivity index (χ4v) is 5.44. The Kier molecular flexibility index (Phi) is 8.89. The first-order valence-electron chi connectivity index (χ1n) is 12.9. The van der Waals surface area contributed by atoms with Gasteiger partial charge in [-0.3, -0.25) is 24.3 Å². The molecule has 18 nitrogen and oxygen atoms in total. The van der Waals surface area contributed by atoms with Crippen molar-refractivity contribution in [2.75, 3.05) is 7.11 Å². The van der Waals surface area contributed by atoms with E-state index in [-0.39, 0.29) is 45.0 Å². The summed E-state index contributed by atoms with van der Waals surface area (Å²) in [5.41, 5.74) is -1.76. The second-order valence-corrected chi connectivity index (χ2v) is 12.3. The molecule has 0 aliphatic rings. The van der Waals surface area contributed by atoms with Crippen LogP contribution in [0.1, 0.15) is 5.69 Å². The van der Waals surface area contributed by atoms with Gasteiger partial charge in [0.2, 0.25) is 0 Å². The van der Waals surface area contributed by atoms with E-state index < -0.39 is 53.6 Å². The van der Waals surface area contributed by atoms with Crippen LogP contribution in [-0.4, -0.2) is 58.3 Å². The van der Waals surface area contributed by atoms with Crippen molar-refractivity contribution in [1.82, 2.24) is 9.78 Å². The summed E-state index contributed by atoms with van der Waals surface area (Å²) in [6.45, 7) is -0.534. The molecule has 0 atom stereocenters. The van der Waals surface area contributed by atoms with Gasteiger partial charge in [0, 0.05) is 11.5 Å². The number of nitrogens with zero attached hydrogens (tertiary/aromatic N) is 5. The van der Waals surface area contributed by atoms with Gasteiger partial charge >= 0.3 is 0 Å². The Balaban J connectivity index is 1.57. The van der Waals surface area contributed by atoms with Crippen LogP contribution in [0.3, 0.4) is 0 Å². The van der Waals surface area contributed by atoms with Crippen LogP contribution in [0, 0.1) is 0 Å².